The van der Waals surface area contributed by atoms with E-state index in [1.807, 2.05) is 0 Å². The SMILES string of the molecule is CN(F)C12CCC(NC=O)(C1)C2. The zero-order chi connectivity index (χ0) is 8.82. The molecule has 1 N–H and O–H groups in total. The smallest absolute Gasteiger partial charge is 0.207 e. The minimum atomic E-state index is -0.254. The third kappa shape index (κ3) is 0.813. The Bertz CT molecular complexity index is 211. The van der Waals surface area contributed by atoms with Gasteiger partial charge in [0.15, 0.2) is 0 Å². The second kappa shape index (κ2) is 2.19. The lowest BCUT2D eigenvalue weighted by Crippen LogP contribution is -2.60. The van der Waals surface area contributed by atoms with Crippen molar-refractivity contribution in [2.45, 2.75) is 36.8 Å². The summed E-state index contributed by atoms with van der Waals surface area (Å²) in [4.78, 5) is 10.2. The average molecular weight is 172 g/mol. The number of amides is 1. The summed E-state index contributed by atoms with van der Waals surface area (Å²) in [7, 11) is 1.47. The first kappa shape index (κ1) is 7.98. The van der Waals surface area contributed by atoms with E-state index in [-0.39, 0.29) is 11.1 Å². The van der Waals surface area contributed by atoms with E-state index in [0.29, 0.717) is 0 Å². The summed E-state index contributed by atoms with van der Waals surface area (Å²) in [5.74, 6) is 0. The third-order valence-electron chi connectivity index (χ3n) is 3.42. The Hall–Kier alpha value is -0.640. The van der Waals surface area contributed by atoms with Crippen LogP contribution >= 0.6 is 0 Å². The molecule has 0 aromatic rings. The average Bonchev–Trinajstić information content (AvgIpc) is 2.42. The van der Waals surface area contributed by atoms with Gasteiger partial charge in [0.25, 0.3) is 0 Å². The van der Waals surface area contributed by atoms with Crippen LogP contribution in [0.2, 0.25) is 0 Å². The lowest BCUT2D eigenvalue weighted by Gasteiger charge is -2.48. The van der Waals surface area contributed by atoms with E-state index in [0.717, 1.165) is 37.2 Å². The summed E-state index contributed by atoms with van der Waals surface area (Å²) in [6.45, 7) is 0. The van der Waals surface area contributed by atoms with Gasteiger partial charge in [-0.05, 0) is 25.7 Å². The maximum atomic E-state index is 13.0. The van der Waals surface area contributed by atoms with Gasteiger partial charge in [0.2, 0.25) is 6.41 Å². The zero-order valence-electron chi connectivity index (χ0n) is 7.14. The highest BCUT2D eigenvalue weighted by Gasteiger charge is 2.63. The summed E-state index contributed by atoms with van der Waals surface area (Å²) in [6.07, 6.45) is 4.05. The van der Waals surface area contributed by atoms with Crippen molar-refractivity contribution in [3.05, 3.63) is 0 Å². The molecule has 0 aliphatic heterocycles. The molecule has 0 heterocycles. The zero-order valence-corrected chi connectivity index (χ0v) is 7.14. The van der Waals surface area contributed by atoms with Crippen LogP contribution in [0.25, 0.3) is 0 Å². The number of fused-ring (bicyclic) bond motifs is 1. The minimum absolute atomic E-state index is 0.0674. The predicted molar refractivity (Wildman–Crippen MR) is 42.0 cm³/mol. The van der Waals surface area contributed by atoms with Gasteiger partial charge in [-0.25, -0.2) is 0 Å². The molecule has 3 rings (SSSR count). The van der Waals surface area contributed by atoms with Crippen molar-refractivity contribution < 1.29 is 9.28 Å². The van der Waals surface area contributed by atoms with Gasteiger partial charge in [-0.1, -0.05) is 0 Å². The second-order valence-electron chi connectivity index (χ2n) is 4.10. The number of rotatable bonds is 3. The Balaban J connectivity index is 2.04. The predicted octanol–water partition coefficient (Wildman–Crippen LogP) is 0.614. The summed E-state index contributed by atoms with van der Waals surface area (Å²) < 4.78 is 13.0. The van der Waals surface area contributed by atoms with Gasteiger partial charge in [0, 0.05) is 12.6 Å². The Labute approximate surface area is 70.9 Å². The van der Waals surface area contributed by atoms with Crippen LogP contribution in [0.15, 0.2) is 0 Å². The lowest BCUT2D eigenvalue weighted by molar-refractivity contribution is -0.121. The number of nitrogens with zero attached hydrogens (tertiary/aromatic N) is 1. The summed E-state index contributed by atoms with van der Waals surface area (Å²) in [5.41, 5.74) is -0.321. The molecule has 0 aromatic carbocycles. The molecule has 3 saturated carbocycles. The summed E-state index contributed by atoms with van der Waals surface area (Å²) in [5, 5.41) is 3.60. The van der Waals surface area contributed by atoms with Gasteiger partial charge in [0.1, 0.15) is 0 Å². The van der Waals surface area contributed by atoms with Crippen molar-refractivity contribution >= 4 is 6.41 Å². The van der Waals surface area contributed by atoms with Crippen LogP contribution < -0.4 is 5.32 Å². The molecule has 12 heavy (non-hydrogen) atoms. The molecule has 0 spiro atoms. The molecule has 3 fully saturated rings. The molecule has 1 amide bonds. The van der Waals surface area contributed by atoms with Crippen LogP contribution in [0, 0.1) is 0 Å². The maximum absolute atomic E-state index is 13.0. The topological polar surface area (TPSA) is 32.3 Å². The van der Waals surface area contributed by atoms with E-state index in [1.165, 1.54) is 7.05 Å². The normalized spacial score (nSPS) is 44.2. The quantitative estimate of drug-likeness (QED) is 0.500. The van der Waals surface area contributed by atoms with Crippen LogP contribution in [-0.4, -0.2) is 29.7 Å². The fraction of sp³-hybridized carbons (Fsp3) is 0.875. The van der Waals surface area contributed by atoms with Gasteiger partial charge in [0.05, 0.1) is 5.54 Å². The molecule has 3 nitrogen and oxygen atoms in total. The van der Waals surface area contributed by atoms with E-state index >= 15 is 0 Å². The Morgan fingerprint density at radius 1 is 1.50 bits per heavy atom. The summed E-state index contributed by atoms with van der Waals surface area (Å²) in [6, 6.07) is 0. The maximum Gasteiger partial charge on any atom is 0.207 e. The Kier molecular flexibility index (Phi) is 1.46. The van der Waals surface area contributed by atoms with E-state index in [1.54, 1.807) is 0 Å². The first-order chi connectivity index (χ1) is 5.63. The van der Waals surface area contributed by atoms with Crippen LogP contribution in [0.4, 0.5) is 4.48 Å². The molecule has 3 aliphatic carbocycles. The van der Waals surface area contributed by atoms with Gasteiger partial charge in [-0.15, -0.1) is 9.60 Å². The second-order valence-corrected chi connectivity index (χ2v) is 4.10. The van der Waals surface area contributed by atoms with Crippen molar-refractivity contribution in [3.8, 4) is 0 Å². The van der Waals surface area contributed by atoms with E-state index in [9.17, 15) is 9.28 Å². The van der Waals surface area contributed by atoms with Crippen molar-refractivity contribution in [2.75, 3.05) is 7.05 Å². The van der Waals surface area contributed by atoms with Crippen LogP contribution in [0.3, 0.4) is 0 Å². The monoisotopic (exact) mass is 172 g/mol. The first-order valence-electron chi connectivity index (χ1n) is 4.24. The van der Waals surface area contributed by atoms with Crippen molar-refractivity contribution in [1.29, 1.82) is 0 Å². The molecule has 4 heteroatoms. The molecule has 68 valence electrons. The highest BCUT2D eigenvalue weighted by Crippen LogP contribution is 2.57. The number of halogens is 1. The van der Waals surface area contributed by atoms with Crippen molar-refractivity contribution in [3.63, 3.8) is 0 Å². The largest absolute Gasteiger partial charge is 0.353 e. The van der Waals surface area contributed by atoms with Crippen molar-refractivity contribution in [1.82, 2.24) is 10.4 Å². The molecular formula is C8H13FN2O. The van der Waals surface area contributed by atoms with Gasteiger partial charge >= 0.3 is 0 Å². The molecule has 0 atom stereocenters. The van der Waals surface area contributed by atoms with Crippen LogP contribution in [0.5, 0.6) is 0 Å². The summed E-state index contributed by atoms with van der Waals surface area (Å²) >= 11 is 0. The van der Waals surface area contributed by atoms with Crippen molar-refractivity contribution in [2.24, 2.45) is 0 Å². The van der Waals surface area contributed by atoms with Crippen LogP contribution in [-0.2, 0) is 4.79 Å². The van der Waals surface area contributed by atoms with E-state index in [4.69, 9.17) is 0 Å². The number of hydrogen-bond acceptors (Lipinski definition) is 2. The number of hydrogen-bond donors (Lipinski definition) is 1. The number of nitrogens with one attached hydrogen (secondary N) is 1. The number of carbonyl (C=O) groups excluding carboxylic acids is 1. The Morgan fingerprint density at radius 3 is 2.58 bits per heavy atom. The van der Waals surface area contributed by atoms with E-state index < -0.39 is 0 Å². The standard InChI is InChI=1S/C8H13FN2O/c1-11(9)8-3-2-7(4-8,5-8)10-6-12/h6H,2-5H2,1H3,(H,10,12). The molecular weight excluding hydrogens is 159 g/mol. The van der Waals surface area contributed by atoms with Crippen LogP contribution in [0.1, 0.15) is 25.7 Å². The molecule has 0 aromatic heterocycles. The van der Waals surface area contributed by atoms with E-state index in [2.05, 4.69) is 5.32 Å². The Morgan fingerprint density at radius 2 is 2.17 bits per heavy atom. The molecule has 0 unspecified atom stereocenters. The first-order valence-corrected chi connectivity index (χ1v) is 4.24. The fourth-order valence-corrected chi connectivity index (χ4v) is 2.70. The highest BCUT2D eigenvalue weighted by atomic mass is 19.2. The third-order valence-corrected chi connectivity index (χ3v) is 3.42. The lowest BCUT2D eigenvalue weighted by atomic mass is 9.71. The van der Waals surface area contributed by atoms with Gasteiger partial charge in [-0.3, -0.25) is 4.79 Å². The molecule has 3 aliphatic rings. The molecule has 0 saturated heterocycles. The highest BCUT2D eigenvalue weighted by molar-refractivity contribution is 5.50. The molecule has 2 bridgehead atoms. The fourth-order valence-electron chi connectivity index (χ4n) is 2.70. The van der Waals surface area contributed by atoms with Gasteiger partial charge in [-0.2, -0.15) is 0 Å². The molecule has 0 radical (unpaired) electrons. The number of carbonyl (C=O) groups is 1. The van der Waals surface area contributed by atoms with Gasteiger partial charge < -0.3 is 5.32 Å². The minimum Gasteiger partial charge on any atom is -0.353 e.